The van der Waals surface area contributed by atoms with E-state index in [1.165, 1.54) is 0 Å². The fraction of sp³-hybridized carbons (Fsp3) is 0.407. The van der Waals surface area contributed by atoms with Crippen LogP contribution in [0.2, 0.25) is 0 Å². The van der Waals surface area contributed by atoms with Gasteiger partial charge in [-0.15, -0.1) is 0 Å². The Morgan fingerprint density at radius 1 is 0.939 bits per heavy atom. The highest BCUT2D eigenvalue weighted by Crippen LogP contribution is 2.38. The Morgan fingerprint density at radius 2 is 1.67 bits per heavy atom. The molecule has 0 spiro atoms. The van der Waals surface area contributed by atoms with E-state index in [2.05, 4.69) is 4.90 Å². The molecule has 172 valence electrons. The molecule has 0 radical (unpaired) electrons. The van der Waals surface area contributed by atoms with Crippen molar-refractivity contribution in [3.63, 3.8) is 0 Å². The molecule has 0 unspecified atom stereocenters. The van der Waals surface area contributed by atoms with Gasteiger partial charge in [0.05, 0.1) is 30.2 Å². The number of ether oxygens (including phenoxy) is 1. The number of nitrogens with zero attached hydrogens (tertiary/aromatic N) is 2. The van der Waals surface area contributed by atoms with E-state index in [0.717, 1.165) is 61.5 Å². The first-order chi connectivity index (χ1) is 15.9. The van der Waals surface area contributed by atoms with Crippen molar-refractivity contribution < 1.29 is 13.9 Å². The minimum atomic E-state index is -0.431. The first-order valence-corrected chi connectivity index (χ1v) is 11.7. The SMILES string of the molecule is Cc1ccc([C@@H]2c3c(oc4cc(C)cc(C)c4c3=O)C(=O)N2CCCN2CCOCC2)cc1. The van der Waals surface area contributed by atoms with E-state index >= 15 is 0 Å². The molecule has 0 N–H and O–H groups in total. The molecule has 0 bridgehead atoms. The van der Waals surface area contributed by atoms with Gasteiger partial charge in [-0.3, -0.25) is 14.5 Å². The number of carbonyl (C=O) groups excluding carboxylic acids is 1. The van der Waals surface area contributed by atoms with E-state index in [1.54, 1.807) is 0 Å². The molecule has 5 rings (SSSR count). The Labute approximate surface area is 193 Å². The van der Waals surface area contributed by atoms with Crippen LogP contribution in [0.25, 0.3) is 11.0 Å². The Morgan fingerprint density at radius 3 is 2.39 bits per heavy atom. The van der Waals surface area contributed by atoms with Crippen molar-refractivity contribution in [3.8, 4) is 0 Å². The zero-order valence-electron chi connectivity index (χ0n) is 19.5. The maximum atomic E-state index is 13.8. The number of benzene rings is 2. The molecule has 2 aliphatic rings. The molecule has 1 saturated heterocycles. The van der Waals surface area contributed by atoms with Gasteiger partial charge < -0.3 is 14.1 Å². The topological polar surface area (TPSA) is 63.0 Å². The molecule has 1 amide bonds. The Kier molecular flexibility index (Phi) is 5.81. The molecule has 3 heterocycles. The normalized spacial score (nSPS) is 18.8. The summed E-state index contributed by atoms with van der Waals surface area (Å²) < 4.78 is 11.6. The summed E-state index contributed by atoms with van der Waals surface area (Å²) in [5.41, 5.74) is 4.82. The monoisotopic (exact) mass is 446 g/mol. The first-order valence-electron chi connectivity index (χ1n) is 11.7. The lowest BCUT2D eigenvalue weighted by molar-refractivity contribution is 0.0353. The number of hydrogen-bond acceptors (Lipinski definition) is 5. The summed E-state index contributed by atoms with van der Waals surface area (Å²) in [6, 6.07) is 11.5. The highest BCUT2D eigenvalue weighted by atomic mass is 16.5. The van der Waals surface area contributed by atoms with Crippen LogP contribution >= 0.6 is 0 Å². The summed E-state index contributed by atoms with van der Waals surface area (Å²) in [6.45, 7) is 10.7. The summed E-state index contributed by atoms with van der Waals surface area (Å²) >= 11 is 0. The predicted octanol–water partition coefficient (Wildman–Crippen LogP) is 3.99. The van der Waals surface area contributed by atoms with Crippen LogP contribution in [0.5, 0.6) is 0 Å². The summed E-state index contributed by atoms with van der Waals surface area (Å²) in [6.07, 6.45) is 0.827. The van der Waals surface area contributed by atoms with E-state index in [9.17, 15) is 9.59 Å². The number of carbonyl (C=O) groups is 1. The van der Waals surface area contributed by atoms with Gasteiger partial charge in [0.2, 0.25) is 5.76 Å². The summed E-state index contributed by atoms with van der Waals surface area (Å²) in [7, 11) is 0. The van der Waals surface area contributed by atoms with E-state index in [4.69, 9.17) is 9.15 Å². The van der Waals surface area contributed by atoms with Gasteiger partial charge >= 0.3 is 0 Å². The van der Waals surface area contributed by atoms with Gasteiger partial charge in [-0.05, 0) is 49.9 Å². The van der Waals surface area contributed by atoms with Crippen molar-refractivity contribution in [3.05, 3.63) is 80.2 Å². The number of rotatable bonds is 5. The van der Waals surface area contributed by atoms with Crippen molar-refractivity contribution in [1.29, 1.82) is 0 Å². The largest absolute Gasteiger partial charge is 0.450 e. The molecular weight excluding hydrogens is 416 g/mol. The average molecular weight is 447 g/mol. The van der Waals surface area contributed by atoms with Gasteiger partial charge in [-0.2, -0.15) is 0 Å². The van der Waals surface area contributed by atoms with Gasteiger partial charge in [0.1, 0.15) is 5.58 Å². The molecule has 6 nitrogen and oxygen atoms in total. The zero-order valence-corrected chi connectivity index (χ0v) is 19.5. The summed E-state index contributed by atoms with van der Waals surface area (Å²) in [4.78, 5) is 31.5. The lowest BCUT2D eigenvalue weighted by Crippen LogP contribution is -2.38. The van der Waals surface area contributed by atoms with E-state index < -0.39 is 6.04 Å². The maximum absolute atomic E-state index is 13.8. The molecule has 1 fully saturated rings. The molecule has 0 saturated carbocycles. The number of fused-ring (bicyclic) bond motifs is 2. The minimum Gasteiger partial charge on any atom is -0.450 e. The van der Waals surface area contributed by atoms with Crippen LogP contribution in [0.3, 0.4) is 0 Å². The van der Waals surface area contributed by atoms with Crippen molar-refractivity contribution in [2.75, 3.05) is 39.4 Å². The second-order valence-corrected chi connectivity index (χ2v) is 9.25. The van der Waals surface area contributed by atoms with E-state index in [0.29, 0.717) is 23.1 Å². The number of hydrogen-bond donors (Lipinski definition) is 0. The van der Waals surface area contributed by atoms with Crippen molar-refractivity contribution in [2.24, 2.45) is 0 Å². The maximum Gasteiger partial charge on any atom is 0.290 e. The van der Waals surface area contributed by atoms with Gasteiger partial charge in [-0.1, -0.05) is 35.9 Å². The van der Waals surface area contributed by atoms with Crippen molar-refractivity contribution in [2.45, 2.75) is 33.2 Å². The van der Waals surface area contributed by atoms with Crippen LogP contribution in [0.1, 0.15) is 50.8 Å². The molecule has 3 aromatic rings. The second kappa shape index (κ2) is 8.76. The Hall–Kier alpha value is -2.96. The van der Waals surface area contributed by atoms with Gasteiger partial charge in [0, 0.05) is 26.2 Å². The average Bonchev–Trinajstić information content (AvgIpc) is 3.07. The van der Waals surface area contributed by atoms with Crippen LogP contribution in [-0.2, 0) is 4.74 Å². The number of aryl methyl sites for hydroxylation is 3. The van der Waals surface area contributed by atoms with Gasteiger partial charge in [-0.25, -0.2) is 0 Å². The molecule has 1 aromatic heterocycles. The molecule has 6 heteroatoms. The molecule has 1 atom stereocenters. The highest BCUT2D eigenvalue weighted by molar-refractivity contribution is 5.99. The number of amides is 1. The molecule has 2 aliphatic heterocycles. The lowest BCUT2D eigenvalue weighted by Gasteiger charge is -2.29. The summed E-state index contributed by atoms with van der Waals surface area (Å²) in [5.74, 6) is -0.00911. The lowest BCUT2D eigenvalue weighted by atomic mass is 9.96. The number of morpholine rings is 1. The standard InChI is InChI=1S/C27H30N2O4/c1-17-5-7-20(8-6-17)24-23-25(30)22-19(3)15-18(2)16-21(22)33-26(23)27(31)29(24)10-4-9-28-11-13-32-14-12-28/h5-8,15-16,24H,4,9-14H2,1-3H3/t24-/m1/s1. The van der Waals surface area contributed by atoms with Crippen LogP contribution in [0, 0.1) is 20.8 Å². The minimum absolute atomic E-state index is 0.0987. The molecular formula is C27H30N2O4. The van der Waals surface area contributed by atoms with Crippen LogP contribution in [-0.4, -0.2) is 55.1 Å². The third-order valence-corrected chi connectivity index (χ3v) is 6.78. The second-order valence-electron chi connectivity index (χ2n) is 9.25. The molecule has 0 aliphatic carbocycles. The van der Waals surface area contributed by atoms with Gasteiger partial charge in [0.15, 0.2) is 5.43 Å². The third kappa shape index (κ3) is 3.98. The quantitative estimate of drug-likeness (QED) is 0.593. The van der Waals surface area contributed by atoms with Crippen LogP contribution < -0.4 is 5.43 Å². The highest BCUT2D eigenvalue weighted by Gasteiger charge is 2.42. The van der Waals surface area contributed by atoms with Crippen LogP contribution in [0.4, 0.5) is 0 Å². The zero-order chi connectivity index (χ0) is 23.1. The Bertz CT molecular complexity index is 1260. The third-order valence-electron chi connectivity index (χ3n) is 6.78. The van der Waals surface area contributed by atoms with E-state index in [-0.39, 0.29) is 17.1 Å². The molecule has 2 aromatic carbocycles. The predicted molar refractivity (Wildman–Crippen MR) is 128 cm³/mol. The Balaban J connectivity index is 1.56. The van der Waals surface area contributed by atoms with Crippen LogP contribution in [0.15, 0.2) is 45.6 Å². The van der Waals surface area contributed by atoms with E-state index in [1.807, 2.05) is 62.1 Å². The fourth-order valence-corrected chi connectivity index (χ4v) is 5.13. The molecule has 33 heavy (non-hydrogen) atoms. The fourth-order valence-electron chi connectivity index (χ4n) is 5.13. The smallest absolute Gasteiger partial charge is 0.290 e. The van der Waals surface area contributed by atoms with Gasteiger partial charge in [0.25, 0.3) is 5.91 Å². The van der Waals surface area contributed by atoms with Crippen molar-refractivity contribution in [1.82, 2.24) is 9.80 Å². The van der Waals surface area contributed by atoms with Crippen molar-refractivity contribution >= 4 is 16.9 Å². The first kappa shape index (κ1) is 21.9. The summed E-state index contributed by atoms with van der Waals surface area (Å²) in [5, 5.41) is 0.569.